The van der Waals surface area contributed by atoms with Crippen LogP contribution in [0.15, 0.2) is 18.2 Å². The summed E-state index contributed by atoms with van der Waals surface area (Å²) < 4.78 is 0. The van der Waals surface area contributed by atoms with Crippen molar-refractivity contribution in [3.8, 4) is 0 Å². The first kappa shape index (κ1) is 14.0. The van der Waals surface area contributed by atoms with Crippen molar-refractivity contribution in [2.75, 3.05) is 11.1 Å². The Morgan fingerprint density at radius 2 is 2.00 bits per heavy atom. The Morgan fingerprint density at radius 1 is 1.39 bits per heavy atom. The van der Waals surface area contributed by atoms with Crippen molar-refractivity contribution >= 4 is 23.3 Å². The summed E-state index contributed by atoms with van der Waals surface area (Å²) >= 11 is 0. The molecule has 0 atom stereocenters. The van der Waals surface area contributed by atoms with Crippen LogP contribution in [0, 0.1) is 5.41 Å². The number of nitrogens with two attached hydrogens (primary N) is 1. The van der Waals surface area contributed by atoms with Crippen LogP contribution in [0.2, 0.25) is 0 Å². The van der Waals surface area contributed by atoms with Gasteiger partial charge in [-0.05, 0) is 24.6 Å². The van der Waals surface area contributed by atoms with Gasteiger partial charge in [-0.25, -0.2) is 4.79 Å². The largest absolute Gasteiger partial charge is 0.478 e. The molecule has 0 aliphatic rings. The van der Waals surface area contributed by atoms with E-state index >= 15 is 0 Å². The third-order valence-corrected chi connectivity index (χ3v) is 3.02. The number of carboxylic acid groups (broad SMARTS) is 1. The highest BCUT2D eigenvalue weighted by molar-refractivity contribution is 6.02. The summed E-state index contributed by atoms with van der Waals surface area (Å²) in [5.74, 6) is -1.32. The van der Waals surface area contributed by atoms with E-state index in [2.05, 4.69) is 5.32 Å². The van der Waals surface area contributed by atoms with Crippen LogP contribution in [0.1, 0.15) is 37.6 Å². The van der Waals surface area contributed by atoms with Crippen molar-refractivity contribution in [3.63, 3.8) is 0 Å². The molecule has 1 aromatic carbocycles. The molecule has 0 saturated heterocycles. The van der Waals surface area contributed by atoms with Crippen molar-refractivity contribution in [3.05, 3.63) is 23.8 Å². The van der Waals surface area contributed by atoms with Gasteiger partial charge in [0.05, 0.1) is 11.3 Å². The number of hydrogen-bond donors (Lipinski definition) is 3. The van der Waals surface area contributed by atoms with Gasteiger partial charge in [-0.2, -0.15) is 0 Å². The zero-order valence-electron chi connectivity index (χ0n) is 10.8. The molecule has 0 spiro atoms. The van der Waals surface area contributed by atoms with E-state index < -0.39 is 11.4 Å². The maximum absolute atomic E-state index is 12.0. The van der Waals surface area contributed by atoms with Crippen LogP contribution in [0.25, 0.3) is 0 Å². The molecular formula is C13H18N2O3. The SMILES string of the molecule is CCC(C)(C)C(=O)Nc1cc(N)ccc1C(=O)O. The zero-order chi connectivity index (χ0) is 13.9. The molecule has 0 fully saturated rings. The number of nitrogens with one attached hydrogen (secondary N) is 1. The fraction of sp³-hybridized carbons (Fsp3) is 0.385. The van der Waals surface area contributed by atoms with E-state index in [1.807, 2.05) is 6.92 Å². The molecule has 98 valence electrons. The minimum Gasteiger partial charge on any atom is -0.478 e. The summed E-state index contributed by atoms with van der Waals surface area (Å²) in [5, 5.41) is 11.7. The minimum absolute atomic E-state index is 0.0319. The number of aromatic carboxylic acids is 1. The second-order valence-electron chi connectivity index (χ2n) is 4.80. The molecule has 0 aliphatic carbocycles. The van der Waals surface area contributed by atoms with Crippen molar-refractivity contribution in [1.82, 2.24) is 0 Å². The van der Waals surface area contributed by atoms with E-state index in [4.69, 9.17) is 10.8 Å². The van der Waals surface area contributed by atoms with Crippen LogP contribution in [-0.2, 0) is 4.79 Å². The first-order chi connectivity index (χ1) is 8.27. The van der Waals surface area contributed by atoms with Crippen LogP contribution in [0.3, 0.4) is 0 Å². The van der Waals surface area contributed by atoms with Gasteiger partial charge in [0.2, 0.25) is 5.91 Å². The Labute approximate surface area is 106 Å². The molecule has 1 rings (SSSR count). The van der Waals surface area contributed by atoms with Crippen molar-refractivity contribution in [2.24, 2.45) is 5.41 Å². The molecule has 0 unspecified atom stereocenters. The first-order valence-electron chi connectivity index (χ1n) is 5.72. The maximum atomic E-state index is 12.0. The molecule has 1 amide bonds. The molecule has 1 aromatic rings. The van der Waals surface area contributed by atoms with Gasteiger partial charge in [0, 0.05) is 11.1 Å². The molecule has 5 nitrogen and oxygen atoms in total. The molecule has 0 heterocycles. The summed E-state index contributed by atoms with van der Waals surface area (Å²) in [6, 6.07) is 4.32. The normalized spacial score (nSPS) is 11.1. The van der Waals surface area contributed by atoms with Gasteiger partial charge in [0.25, 0.3) is 0 Å². The molecular weight excluding hydrogens is 232 g/mol. The average molecular weight is 250 g/mol. The van der Waals surface area contributed by atoms with Gasteiger partial charge in [0.15, 0.2) is 0 Å². The Kier molecular flexibility index (Phi) is 3.96. The Hall–Kier alpha value is -2.04. The quantitative estimate of drug-likeness (QED) is 0.715. The number of carbonyl (C=O) groups is 2. The predicted octanol–water partition coefficient (Wildman–Crippen LogP) is 2.34. The predicted molar refractivity (Wildman–Crippen MR) is 70.5 cm³/mol. The Bertz CT molecular complexity index is 481. The smallest absolute Gasteiger partial charge is 0.337 e. The molecule has 0 radical (unpaired) electrons. The highest BCUT2D eigenvalue weighted by atomic mass is 16.4. The highest BCUT2D eigenvalue weighted by Crippen LogP contribution is 2.25. The number of anilines is 2. The number of hydrogen-bond acceptors (Lipinski definition) is 3. The highest BCUT2D eigenvalue weighted by Gasteiger charge is 2.26. The lowest BCUT2D eigenvalue weighted by Crippen LogP contribution is -2.30. The first-order valence-corrected chi connectivity index (χ1v) is 5.72. The fourth-order valence-corrected chi connectivity index (χ4v) is 1.30. The van der Waals surface area contributed by atoms with E-state index in [0.29, 0.717) is 12.1 Å². The number of nitrogen functional groups attached to an aromatic ring is 1. The van der Waals surface area contributed by atoms with E-state index in [1.165, 1.54) is 18.2 Å². The van der Waals surface area contributed by atoms with Crippen LogP contribution in [-0.4, -0.2) is 17.0 Å². The summed E-state index contributed by atoms with van der Waals surface area (Å²) in [5.41, 5.74) is 5.72. The number of rotatable bonds is 4. The lowest BCUT2D eigenvalue weighted by Gasteiger charge is -2.22. The maximum Gasteiger partial charge on any atom is 0.337 e. The third kappa shape index (κ3) is 3.00. The standard InChI is InChI=1S/C13H18N2O3/c1-4-13(2,3)12(18)15-10-7-8(14)5-6-9(10)11(16)17/h5-7H,4,14H2,1-3H3,(H,15,18)(H,16,17). The van der Waals surface area contributed by atoms with Crippen LogP contribution >= 0.6 is 0 Å². The van der Waals surface area contributed by atoms with Gasteiger partial charge in [-0.15, -0.1) is 0 Å². The molecule has 0 saturated carbocycles. The second-order valence-corrected chi connectivity index (χ2v) is 4.80. The third-order valence-electron chi connectivity index (χ3n) is 3.02. The lowest BCUT2D eigenvalue weighted by atomic mass is 9.89. The molecule has 0 aliphatic heterocycles. The molecule has 18 heavy (non-hydrogen) atoms. The van der Waals surface area contributed by atoms with E-state index in [1.54, 1.807) is 13.8 Å². The average Bonchev–Trinajstić information content (AvgIpc) is 2.28. The lowest BCUT2D eigenvalue weighted by molar-refractivity contribution is -0.124. The van der Waals surface area contributed by atoms with Crippen molar-refractivity contribution in [1.29, 1.82) is 0 Å². The Balaban J connectivity index is 3.07. The molecule has 4 N–H and O–H groups in total. The van der Waals surface area contributed by atoms with E-state index in [9.17, 15) is 9.59 Å². The topological polar surface area (TPSA) is 92.4 Å². The summed E-state index contributed by atoms with van der Waals surface area (Å²) in [6.07, 6.45) is 0.656. The summed E-state index contributed by atoms with van der Waals surface area (Å²) in [6.45, 7) is 5.50. The van der Waals surface area contributed by atoms with Crippen molar-refractivity contribution in [2.45, 2.75) is 27.2 Å². The van der Waals surface area contributed by atoms with Crippen molar-refractivity contribution < 1.29 is 14.7 Å². The number of carboxylic acids is 1. The number of amides is 1. The van der Waals surface area contributed by atoms with Crippen LogP contribution in [0.4, 0.5) is 11.4 Å². The number of benzene rings is 1. The molecule has 5 heteroatoms. The van der Waals surface area contributed by atoms with E-state index in [0.717, 1.165) is 0 Å². The van der Waals surface area contributed by atoms with Gasteiger partial charge in [-0.1, -0.05) is 20.8 Å². The van der Waals surface area contributed by atoms with Gasteiger partial charge in [0.1, 0.15) is 0 Å². The molecule has 0 aromatic heterocycles. The summed E-state index contributed by atoms with van der Waals surface area (Å²) in [7, 11) is 0. The van der Waals surface area contributed by atoms with Crippen LogP contribution < -0.4 is 11.1 Å². The summed E-state index contributed by atoms with van der Waals surface area (Å²) in [4.78, 5) is 23.0. The number of carbonyl (C=O) groups excluding carboxylic acids is 1. The van der Waals surface area contributed by atoms with Gasteiger partial charge >= 0.3 is 5.97 Å². The zero-order valence-corrected chi connectivity index (χ0v) is 10.8. The minimum atomic E-state index is -1.10. The Morgan fingerprint density at radius 3 is 2.50 bits per heavy atom. The van der Waals surface area contributed by atoms with Crippen LogP contribution in [0.5, 0.6) is 0 Å². The van der Waals surface area contributed by atoms with E-state index in [-0.39, 0.29) is 17.2 Å². The van der Waals surface area contributed by atoms with Gasteiger partial charge in [-0.3, -0.25) is 4.79 Å². The second kappa shape index (κ2) is 5.08. The fourth-order valence-electron chi connectivity index (χ4n) is 1.30. The van der Waals surface area contributed by atoms with Gasteiger partial charge < -0.3 is 16.2 Å². The monoisotopic (exact) mass is 250 g/mol. The molecule has 0 bridgehead atoms.